The van der Waals surface area contributed by atoms with Gasteiger partial charge in [0, 0.05) is 22.9 Å². The molecule has 0 bridgehead atoms. The van der Waals surface area contributed by atoms with Gasteiger partial charge in [-0.2, -0.15) is 0 Å². The molecule has 0 saturated carbocycles. The minimum absolute atomic E-state index is 0.137. The van der Waals surface area contributed by atoms with Crippen molar-refractivity contribution in [3.63, 3.8) is 0 Å². The fourth-order valence-electron chi connectivity index (χ4n) is 4.75. The second-order valence-corrected chi connectivity index (χ2v) is 10.7. The van der Waals surface area contributed by atoms with Crippen molar-refractivity contribution >= 4 is 46.3 Å². The number of rotatable bonds is 5. The monoisotopic (exact) mass is 531 g/mol. The summed E-state index contributed by atoms with van der Waals surface area (Å²) in [6.07, 6.45) is 0. The quantitative estimate of drug-likeness (QED) is 0.220. The van der Waals surface area contributed by atoms with E-state index in [1.54, 1.807) is 6.07 Å². The molecule has 0 spiro atoms. The summed E-state index contributed by atoms with van der Waals surface area (Å²) in [7, 11) is 0. The number of benzene rings is 3. The number of ether oxygens (including phenoxy) is 1. The number of para-hydroxylation sites is 1. The van der Waals surface area contributed by atoms with Gasteiger partial charge in [0.25, 0.3) is 5.69 Å². The summed E-state index contributed by atoms with van der Waals surface area (Å²) in [5.41, 5.74) is 0.877. The third-order valence-corrected chi connectivity index (χ3v) is 8.74. The zero-order chi connectivity index (χ0) is 25.7. The third kappa shape index (κ3) is 4.02. The standard InChI is InChI=1S/C26H17N3O6S2/c30-24-20-19(14-5-4-8-18(13-14)35-17-6-2-1-3-7-17)21-23(27-26(32)37-21)36-22(20)25(31)28(24)15-9-11-16(12-10-15)29(33)34/h1-13,19-20,22H,(H,27,32). The van der Waals surface area contributed by atoms with Crippen LogP contribution in [0.4, 0.5) is 11.4 Å². The molecule has 184 valence electrons. The highest BCUT2D eigenvalue weighted by Gasteiger charge is 2.56. The Kier molecular flexibility index (Phi) is 5.65. The average molecular weight is 532 g/mol. The van der Waals surface area contributed by atoms with Gasteiger partial charge in [0.2, 0.25) is 11.8 Å². The molecule has 2 aliphatic heterocycles. The Morgan fingerprint density at radius 3 is 2.35 bits per heavy atom. The number of nitrogens with one attached hydrogen (secondary N) is 1. The molecule has 2 amide bonds. The van der Waals surface area contributed by atoms with Gasteiger partial charge in [0.05, 0.1) is 21.6 Å². The summed E-state index contributed by atoms with van der Waals surface area (Å²) in [6.45, 7) is 0. The molecule has 3 atom stereocenters. The number of fused-ring (bicyclic) bond motifs is 2. The lowest BCUT2D eigenvalue weighted by Gasteiger charge is -2.30. The molecule has 0 radical (unpaired) electrons. The SMILES string of the molecule is O=C1C2Sc3[nH]c(=O)sc3C(c3cccc(Oc4ccccc4)c3)C2C(=O)N1c1ccc([N+](=O)[O-])cc1. The van der Waals surface area contributed by atoms with Crippen LogP contribution in [-0.4, -0.2) is 27.0 Å². The number of hydrogen-bond donors (Lipinski definition) is 1. The van der Waals surface area contributed by atoms with E-state index in [1.807, 2.05) is 48.5 Å². The van der Waals surface area contributed by atoms with Gasteiger partial charge in [0.1, 0.15) is 16.7 Å². The van der Waals surface area contributed by atoms with E-state index in [0.717, 1.165) is 21.8 Å². The number of anilines is 1. The molecule has 0 aliphatic carbocycles. The predicted octanol–water partition coefficient (Wildman–Crippen LogP) is 4.93. The Balaban J connectivity index is 1.41. The van der Waals surface area contributed by atoms with E-state index in [9.17, 15) is 24.5 Å². The van der Waals surface area contributed by atoms with Crippen molar-refractivity contribution in [1.29, 1.82) is 0 Å². The number of nitrogens with zero attached hydrogens (tertiary/aromatic N) is 2. The molecule has 1 aromatic heterocycles. The van der Waals surface area contributed by atoms with Crippen LogP contribution in [0.25, 0.3) is 0 Å². The van der Waals surface area contributed by atoms with E-state index >= 15 is 0 Å². The molecular weight excluding hydrogens is 514 g/mol. The molecule has 4 aromatic rings. The largest absolute Gasteiger partial charge is 0.457 e. The van der Waals surface area contributed by atoms with Gasteiger partial charge in [0.15, 0.2) is 0 Å². The smallest absolute Gasteiger partial charge is 0.305 e. The maximum atomic E-state index is 13.8. The molecule has 2 aliphatic rings. The molecule has 6 rings (SSSR count). The van der Waals surface area contributed by atoms with E-state index in [0.29, 0.717) is 21.4 Å². The first kappa shape index (κ1) is 23.2. The summed E-state index contributed by atoms with van der Waals surface area (Å²) >= 11 is 2.20. The Hall–Kier alpha value is -4.22. The lowest BCUT2D eigenvalue weighted by molar-refractivity contribution is -0.384. The molecular formula is C26H17N3O6S2. The van der Waals surface area contributed by atoms with Crippen molar-refractivity contribution in [1.82, 2.24) is 4.98 Å². The van der Waals surface area contributed by atoms with E-state index in [1.165, 1.54) is 36.0 Å². The summed E-state index contributed by atoms with van der Waals surface area (Å²) in [5, 5.41) is 10.9. The van der Waals surface area contributed by atoms with Crippen LogP contribution in [0.2, 0.25) is 0 Å². The van der Waals surface area contributed by atoms with E-state index in [-0.39, 0.29) is 16.2 Å². The maximum Gasteiger partial charge on any atom is 0.305 e. The van der Waals surface area contributed by atoms with Gasteiger partial charge in [-0.25, -0.2) is 4.90 Å². The van der Waals surface area contributed by atoms with Gasteiger partial charge in [-0.15, -0.1) is 0 Å². The normalized spacial score (nSPS) is 20.4. The van der Waals surface area contributed by atoms with Crippen molar-refractivity contribution in [3.05, 3.63) is 109 Å². The number of carbonyl (C=O) groups excluding carboxylic acids is 2. The molecule has 3 heterocycles. The number of nitro benzene ring substituents is 1. The molecule has 3 unspecified atom stereocenters. The Morgan fingerprint density at radius 2 is 1.62 bits per heavy atom. The Morgan fingerprint density at radius 1 is 0.892 bits per heavy atom. The number of amides is 2. The first-order valence-corrected chi connectivity index (χ1v) is 12.9. The number of H-pyrrole nitrogens is 1. The van der Waals surface area contributed by atoms with Crippen LogP contribution in [0.5, 0.6) is 11.5 Å². The summed E-state index contributed by atoms with van der Waals surface area (Å²) in [4.78, 5) is 54.4. The molecule has 3 aromatic carbocycles. The minimum Gasteiger partial charge on any atom is -0.457 e. The maximum absolute atomic E-state index is 13.8. The lowest BCUT2D eigenvalue weighted by Crippen LogP contribution is -2.32. The van der Waals surface area contributed by atoms with Crippen molar-refractivity contribution in [3.8, 4) is 11.5 Å². The Labute approximate surface area is 217 Å². The van der Waals surface area contributed by atoms with Crippen molar-refractivity contribution < 1.29 is 19.2 Å². The number of carbonyl (C=O) groups is 2. The Bertz CT molecular complexity index is 1600. The minimum atomic E-state index is -0.765. The first-order valence-electron chi connectivity index (χ1n) is 11.3. The van der Waals surface area contributed by atoms with E-state index < -0.39 is 33.8 Å². The van der Waals surface area contributed by atoms with Gasteiger partial charge in [-0.1, -0.05) is 53.4 Å². The number of imide groups is 1. The van der Waals surface area contributed by atoms with Crippen LogP contribution in [0.1, 0.15) is 16.4 Å². The average Bonchev–Trinajstić information content (AvgIpc) is 3.39. The summed E-state index contributed by atoms with van der Waals surface area (Å²) < 4.78 is 5.99. The highest BCUT2D eigenvalue weighted by Crippen LogP contribution is 2.53. The zero-order valence-electron chi connectivity index (χ0n) is 18.9. The number of nitro groups is 1. The molecule has 1 fully saturated rings. The van der Waals surface area contributed by atoms with Gasteiger partial charge >= 0.3 is 4.87 Å². The molecule has 1 saturated heterocycles. The van der Waals surface area contributed by atoms with Gasteiger partial charge in [-0.05, 0) is 42.0 Å². The van der Waals surface area contributed by atoms with Gasteiger partial charge < -0.3 is 9.72 Å². The second-order valence-electron chi connectivity index (χ2n) is 8.52. The van der Waals surface area contributed by atoms with Gasteiger partial charge in [-0.3, -0.25) is 24.5 Å². The van der Waals surface area contributed by atoms with Crippen LogP contribution in [0, 0.1) is 16.0 Å². The number of thioether (sulfide) groups is 1. The van der Waals surface area contributed by atoms with Crippen LogP contribution in [-0.2, 0) is 9.59 Å². The highest BCUT2D eigenvalue weighted by molar-refractivity contribution is 8.00. The zero-order valence-corrected chi connectivity index (χ0v) is 20.5. The van der Waals surface area contributed by atoms with Crippen LogP contribution in [0.15, 0.2) is 88.7 Å². The number of hydrogen-bond acceptors (Lipinski definition) is 8. The number of thiazole rings is 1. The highest BCUT2D eigenvalue weighted by atomic mass is 32.2. The molecule has 11 heteroatoms. The topological polar surface area (TPSA) is 123 Å². The van der Waals surface area contributed by atoms with Crippen LogP contribution >= 0.6 is 23.1 Å². The van der Waals surface area contributed by atoms with Crippen molar-refractivity contribution in [2.45, 2.75) is 16.2 Å². The number of aromatic nitrogens is 1. The number of non-ortho nitro benzene ring substituents is 1. The van der Waals surface area contributed by atoms with Crippen LogP contribution in [0.3, 0.4) is 0 Å². The summed E-state index contributed by atoms with van der Waals surface area (Å²) in [6, 6.07) is 21.9. The fraction of sp³-hybridized carbons (Fsp3) is 0.115. The number of aromatic amines is 1. The molecule has 1 N–H and O–H groups in total. The molecule has 9 nitrogen and oxygen atoms in total. The first-order chi connectivity index (χ1) is 17.9. The lowest BCUT2D eigenvalue weighted by atomic mass is 9.83. The molecule has 37 heavy (non-hydrogen) atoms. The van der Waals surface area contributed by atoms with E-state index in [4.69, 9.17) is 4.74 Å². The van der Waals surface area contributed by atoms with Crippen LogP contribution < -0.4 is 14.5 Å². The van der Waals surface area contributed by atoms with E-state index in [2.05, 4.69) is 4.98 Å². The third-order valence-electron chi connectivity index (χ3n) is 6.34. The van der Waals surface area contributed by atoms with Crippen molar-refractivity contribution in [2.24, 2.45) is 5.92 Å². The fourth-order valence-corrected chi connectivity index (χ4v) is 7.27. The predicted molar refractivity (Wildman–Crippen MR) is 138 cm³/mol. The second kappa shape index (κ2) is 9.02. The summed E-state index contributed by atoms with van der Waals surface area (Å²) in [5.74, 6) is -0.940. The van der Waals surface area contributed by atoms with Crippen molar-refractivity contribution in [2.75, 3.05) is 4.90 Å².